The van der Waals surface area contributed by atoms with Crippen LogP contribution in [0, 0.1) is 5.92 Å². The zero-order valence-corrected chi connectivity index (χ0v) is 8.69. The molecule has 2 N–H and O–H groups in total. The lowest BCUT2D eigenvalue weighted by molar-refractivity contribution is -0.142. The quantitative estimate of drug-likeness (QED) is 0.647. The van der Waals surface area contributed by atoms with Crippen LogP contribution in [0.5, 0.6) is 0 Å². The van der Waals surface area contributed by atoms with Crippen LogP contribution >= 0.6 is 0 Å². The Kier molecular flexibility index (Phi) is 3.28. The van der Waals surface area contributed by atoms with Crippen LogP contribution in [0.25, 0.3) is 0 Å². The number of amides is 3. The average molecular weight is 214 g/mol. The number of hydrogen-bond donors (Lipinski definition) is 2. The monoisotopic (exact) mass is 214 g/mol. The van der Waals surface area contributed by atoms with Crippen LogP contribution in [0.2, 0.25) is 0 Å². The first-order valence-electron chi connectivity index (χ1n) is 4.75. The van der Waals surface area contributed by atoms with Gasteiger partial charge in [-0.05, 0) is 12.3 Å². The lowest BCUT2D eigenvalue weighted by Crippen LogP contribution is -2.43. The van der Waals surface area contributed by atoms with E-state index in [1.165, 1.54) is 0 Å². The lowest BCUT2D eigenvalue weighted by Gasteiger charge is -2.23. The number of hydrogen-bond acceptors (Lipinski definition) is 3. The Labute approximate surface area is 87.2 Å². The standard InChI is InChI=1S/C9H14N2O4/c1-5(2)3-6(8(13)14)11-4-7(12)10-9(11)15/h5-6H,3-4H2,1-2H3,(H,13,14)(H,10,12,15)/t6-/m1/s1. The van der Waals surface area contributed by atoms with Crippen LogP contribution in [-0.2, 0) is 9.59 Å². The van der Waals surface area contributed by atoms with Crippen molar-refractivity contribution in [2.45, 2.75) is 26.3 Å². The van der Waals surface area contributed by atoms with Gasteiger partial charge in [-0.25, -0.2) is 9.59 Å². The zero-order chi connectivity index (χ0) is 11.6. The van der Waals surface area contributed by atoms with Crippen LogP contribution in [0.4, 0.5) is 4.79 Å². The molecule has 0 aliphatic carbocycles. The van der Waals surface area contributed by atoms with Gasteiger partial charge >= 0.3 is 12.0 Å². The molecular weight excluding hydrogens is 200 g/mol. The Morgan fingerprint density at radius 3 is 2.47 bits per heavy atom. The topological polar surface area (TPSA) is 86.7 Å². The molecule has 0 spiro atoms. The predicted octanol–water partition coefficient (Wildman–Crippen LogP) is 0.0375. The number of carbonyl (C=O) groups excluding carboxylic acids is 2. The van der Waals surface area contributed by atoms with Gasteiger partial charge in [-0.2, -0.15) is 0 Å². The fourth-order valence-corrected chi connectivity index (χ4v) is 1.52. The van der Waals surface area contributed by atoms with E-state index in [2.05, 4.69) is 5.32 Å². The number of imide groups is 1. The number of urea groups is 1. The molecule has 1 saturated heterocycles. The summed E-state index contributed by atoms with van der Waals surface area (Å²) < 4.78 is 0. The molecule has 1 aliphatic rings. The highest BCUT2D eigenvalue weighted by Gasteiger charge is 2.36. The summed E-state index contributed by atoms with van der Waals surface area (Å²) in [5.74, 6) is -1.38. The largest absolute Gasteiger partial charge is 0.480 e. The number of rotatable bonds is 4. The first-order chi connectivity index (χ1) is 6.91. The molecule has 0 aromatic rings. The van der Waals surface area contributed by atoms with Crippen molar-refractivity contribution in [2.75, 3.05) is 6.54 Å². The van der Waals surface area contributed by atoms with Crippen molar-refractivity contribution in [1.29, 1.82) is 0 Å². The number of nitrogens with one attached hydrogen (secondary N) is 1. The van der Waals surface area contributed by atoms with E-state index >= 15 is 0 Å². The fraction of sp³-hybridized carbons (Fsp3) is 0.667. The minimum Gasteiger partial charge on any atom is -0.480 e. The van der Waals surface area contributed by atoms with Gasteiger partial charge < -0.3 is 10.0 Å². The number of nitrogens with zero attached hydrogens (tertiary/aromatic N) is 1. The van der Waals surface area contributed by atoms with Crippen molar-refractivity contribution >= 4 is 17.9 Å². The SMILES string of the molecule is CC(C)C[C@H](C(=O)O)N1CC(=O)NC1=O. The van der Waals surface area contributed by atoms with Crippen LogP contribution in [-0.4, -0.2) is 40.5 Å². The summed E-state index contributed by atoms with van der Waals surface area (Å²) >= 11 is 0. The molecule has 1 atom stereocenters. The van der Waals surface area contributed by atoms with Gasteiger partial charge in [0.05, 0.1) is 0 Å². The first kappa shape index (κ1) is 11.5. The number of carboxylic acids is 1. The molecule has 1 fully saturated rings. The van der Waals surface area contributed by atoms with Gasteiger partial charge in [0, 0.05) is 0 Å². The third-order valence-electron chi connectivity index (χ3n) is 2.18. The summed E-state index contributed by atoms with van der Waals surface area (Å²) in [5.41, 5.74) is 0. The van der Waals surface area contributed by atoms with Gasteiger partial charge in [-0.3, -0.25) is 10.1 Å². The molecule has 6 heteroatoms. The molecule has 1 heterocycles. The fourth-order valence-electron chi connectivity index (χ4n) is 1.52. The zero-order valence-electron chi connectivity index (χ0n) is 8.69. The number of aliphatic carboxylic acids is 1. The second-order valence-corrected chi connectivity index (χ2v) is 3.96. The Balaban J connectivity index is 2.76. The molecule has 0 unspecified atom stereocenters. The highest BCUT2D eigenvalue weighted by Crippen LogP contribution is 2.14. The molecule has 1 aliphatic heterocycles. The Bertz CT molecular complexity index is 300. The minimum atomic E-state index is -1.08. The van der Waals surface area contributed by atoms with Crippen LogP contribution in [0.3, 0.4) is 0 Å². The molecule has 15 heavy (non-hydrogen) atoms. The van der Waals surface area contributed by atoms with Gasteiger partial charge in [0.1, 0.15) is 12.6 Å². The lowest BCUT2D eigenvalue weighted by atomic mass is 10.0. The highest BCUT2D eigenvalue weighted by molar-refractivity contribution is 6.03. The van der Waals surface area contributed by atoms with E-state index in [1.54, 1.807) is 0 Å². The first-order valence-corrected chi connectivity index (χ1v) is 4.75. The Morgan fingerprint density at radius 2 is 2.13 bits per heavy atom. The smallest absolute Gasteiger partial charge is 0.326 e. The van der Waals surface area contributed by atoms with Crippen molar-refractivity contribution in [1.82, 2.24) is 10.2 Å². The molecule has 0 saturated carbocycles. The molecular formula is C9H14N2O4. The molecule has 0 aromatic heterocycles. The maximum Gasteiger partial charge on any atom is 0.326 e. The van der Waals surface area contributed by atoms with E-state index in [-0.39, 0.29) is 12.5 Å². The van der Waals surface area contributed by atoms with Crippen LogP contribution in [0.15, 0.2) is 0 Å². The van der Waals surface area contributed by atoms with Gasteiger partial charge in [0.25, 0.3) is 0 Å². The van der Waals surface area contributed by atoms with Crippen molar-refractivity contribution in [2.24, 2.45) is 5.92 Å². The molecule has 84 valence electrons. The predicted molar refractivity (Wildman–Crippen MR) is 51.1 cm³/mol. The van der Waals surface area contributed by atoms with Gasteiger partial charge in [-0.15, -0.1) is 0 Å². The molecule has 0 radical (unpaired) electrons. The summed E-state index contributed by atoms with van der Waals surface area (Å²) in [6, 6.07) is -1.54. The van der Waals surface area contributed by atoms with E-state index in [0.717, 1.165) is 4.90 Å². The molecule has 6 nitrogen and oxygen atoms in total. The Morgan fingerprint density at radius 1 is 1.53 bits per heavy atom. The van der Waals surface area contributed by atoms with E-state index in [0.29, 0.717) is 6.42 Å². The molecule has 3 amide bonds. The van der Waals surface area contributed by atoms with Crippen molar-refractivity contribution in [3.8, 4) is 0 Å². The van der Waals surface area contributed by atoms with Gasteiger partial charge in [-0.1, -0.05) is 13.8 Å². The van der Waals surface area contributed by atoms with Crippen LogP contribution in [0.1, 0.15) is 20.3 Å². The second kappa shape index (κ2) is 4.29. The van der Waals surface area contributed by atoms with Crippen molar-refractivity contribution in [3.05, 3.63) is 0 Å². The summed E-state index contributed by atoms with van der Waals surface area (Å²) in [4.78, 5) is 34.2. The summed E-state index contributed by atoms with van der Waals surface area (Å²) in [7, 11) is 0. The Hall–Kier alpha value is -1.59. The summed E-state index contributed by atoms with van der Waals surface area (Å²) in [5, 5.41) is 11.0. The third-order valence-corrected chi connectivity index (χ3v) is 2.18. The normalized spacial score (nSPS) is 18.2. The van der Waals surface area contributed by atoms with Crippen molar-refractivity contribution in [3.63, 3.8) is 0 Å². The van der Waals surface area contributed by atoms with E-state index in [9.17, 15) is 14.4 Å². The van der Waals surface area contributed by atoms with Crippen LogP contribution < -0.4 is 5.32 Å². The third kappa shape index (κ3) is 2.68. The summed E-state index contributed by atoms with van der Waals surface area (Å²) in [6.45, 7) is 3.57. The van der Waals surface area contributed by atoms with E-state index in [4.69, 9.17) is 5.11 Å². The maximum atomic E-state index is 11.2. The van der Waals surface area contributed by atoms with E-state index in [1.807, 2.05) is 13.8 Å². The number of carbonyl (C=O) groups is 3. The maximum absolute atomic E-state index is 11.2. The molecule has 1 rings (SSSR count). The molecule has 0 aromatic carbocycles. The average Bonchev–Trinajstić information content (AvgIpc) is 2.40. The van der Waals surface area contributed by atoms with Gasteiger partial charge in [0.15, 0.2) is 0 Å². The number of carboxylic acid groups (broad SMARTS) is 1. The molecule has 0 bridgehead atoms. The van der Waals surface area contributed by atoms with Crippen molar-refractivity contribution < 1.29 is 19.5 Å². The van der Waals surface area contributed by atoms with Gasteiger partial charge in [0.2, 0.25) is 5.91 Å². The minimum absolute atomic E-state index is 0.148. The second-order valence-electron chi connectivity index (χ2n) is 3.96. The summed E-state index contributed by atoms with van der Waals surface area (Å²) in [6.07, 6.45) is 0.343. The highest BCUT2D eigenvalue weighted by atomic mass is 16.4. The van der Waals surface area contributed by atoms with E-state index < -0.39 is 23.9 Å².